The van der Waals surface area contributed by atoms with Gasteiger partial charge in [-0.3, -0.25) is 4.98 Å². The van der Waals surface area contributed by atoms with Gasteiger partial charge >= 0.3 is 162 Å². The summed E-state index contributed by atoms with van der Waals surface area (Å²) < 4.78 is 41.5. The third-order valence-electron chi connectivity index (χ3n) is 6.66. The van der Waals surface area contributed by atoms with Crippen LogP contribution in [0.25, 0.3) is 10.9 Å². The second-order valence-electron chi connectivity index (χ2n) is 11.9. The van der Waals surface area contributed by atoms with Crippen LogP contribution in [0.1, 0.15) is 83.9 Å². The number of hydrogen-bond donors (Lipinski definition) is 2. The molecule has 0 radical (unpaired) electrons. The standard InChI is InChI=1S/C12H17N.C10H12.C9H7NO.C4H7F3O.Mo/c1-8(2)10-6-5-7-11(9(3)4)12(10)13;1-10(2,3)9-7-5-4-6-8-9;11-8-5-1-3-7-4-2-6-10-9(7)8;1-3(2,8)4(5,6)7;/h5-9H,1-4H3;1,4-8H,2-3H3;1-6,11H;8H,1-2H3;. The third-order valence-corrected chi connectivity index (χ3v) is 9.07. The number of phenolic OH excluding ortho intramolecular Hbond substituents is 1. The maximum Gasteiger partial charge on any atom is 0.141 e. The van der Waals surface area contributed by atoms with E-state index in [0.717, 1.165) is 5.39 Å². The Balaban J connectivity index is 0.000000277. The van der Waals surface area contributed by atoms with E-state index in [1.807, 2.05) is 18.2 Å². The molecule has 4 rings (SSSR count). The summed E-state index contributed by atoms with van der Waals surface area (Å²) in [5.41, 5.74) is 3.58. The van der Waals surface area contributed by atoms with Gasteiger partial charge in [0.25, 0.3) is 0 Å². The molecule has 0 amide bonds. The van der Waals surface area contributed by atoms with Crippen molar-refractivity contribution in [2.45, 2.75) is 84.4 Å². The number of halogens is 3. The fraction of sp³-hybridized carbons (Fsp3) is 0.371. The maximum absolute atomic E-state index is 11.3. The fourth-order valence-electron chi connectivity index (χ4n) is 3.85. The SMILES string of the molecule is CC(C)(O)C(F)(F)F.CC(C)c1cccc(C(C)C)c1[N]=[Mo]=[CH]C(C)(C)c1ccccc1.Oc1cccc2cccnc12. The van der Waals surface area contributed by atoms with E-state index in [0.29, 0.717) is 31.2 Å². The Labute approximate surface area is 261 Å². The van der Waals surface area contributed by atoms with Gasteiger partial charge < -0.3 is 10.2 Å². The first-order valence-corrected chi connectivity index (χ1v) is 16.2. The molecule has 1 heterocycles. The summed E-state index contributed by atoms with van der Waals surface area (Å²) in [5, 5.41) is 18.5. The van der Waals surface area contributed by atoms with Crippen molar-refractivity contribution in [2.75, 3.05) is 0 Å². The van der Waals surface area contributed by atoms with Gasteiger partial charge in [-0.15, -0.1) is 0 Å². The van der Waals surface area contributed by atoms with Crippen molar-refractivity contribution in [2.24, 2.45) is 3.50 Å². The van der Waals surface area contributed by atoms with Crippen LogP contribution in [0.2, 0.25) is 0 Å². The van der Waals surface area contributed by atoms with E-state index in [2.05, 4.69) is 99.5 Å². The number of phenols is 1. The number of pyridine rings is 1. The average molecular weight is 677 g/mol. The molecule has 232 valence electrons. The number of fused-ring (bicyclic) bond motifs is 1. The Morgan fingerprint density at radius 3 is 1.77 bits per heavy atom. The summed E-state index contributed by atoms with van der Waals surface area (Å²) in [6, 6.07) is 26.5. The number of hydrogen-bond acceptors (Lipinski definition) is 4. The smallest absolute Gasteiger partial charge is 0.141 e. The number of aromatic hydroxyl groups is 1. The first-order chi connectivity index (χ1) is 20.0. The summed E-state index contributed by atoms with van der Waals surface area (Å²) >= 11 is -0.553. The first-order valence-electron chi connectivity index (χ1n) is 14.2. The van der Waals surface area contributed by atoms with E-state index >= 15 is 0 Å². The Morgan fingerprint density at radius 2 is 1.28 bits per heavy atom. The van der Waals surface area contributed by atoms with Gasteiger partial charge in [0, 0.05) is 11.6 Å². The molecule has 0 unspecified atom stereocenters. The zero-order valence-electron chi connectivity index (χ0n) is 26.1. The molecular formula is C35H43F3MoN2O2. The van der Waals surface area contributed by atoms with Crippen LogP contribution < -0.4 is 0 Å². The molecule has 4 aromatic rings. The van der Waals surface area contributed by atoms with E-state index in [1.54, 1.807) is 18.3 Å². The van der Waals surface area contributed by atoms with Gasteiger partial charge in [0.1, 0.15) is 11.3 Å². The minimum atomic E-state index is -4.51. The number of rotatable bonds is 5. The molecule has 0 bridgehead atoms. The van der Waals surface area contributed by atoms with Crippen molar-refractivity contribution in [3.8, 4) is 5.75 Å². The zero-order chi connectivity index (χ0) is 32.4. The quantitative estimate of drug-likeness (QED) is 0.207. The normalized spacial score (nSPS) is 11.8. The molecule has 0 spiro atoms. The molecule has 0 saturated heterocycles. The Kier molecular flexibility index (Phi) is 13.1. The van der Waals surface area contributed by atoms with Crippen LogP contribution in [-0.2, 0) is 23.3 Å². The van der Waals surface area contributed by atoms with Crippen molar-refractivity contribution in [3.63, 3.8) is 0 Å². The third kappa shape index (κ3) is 10.9. The Bertz CT molecular complexity index is 1480. The average Bonchev–Trinajstić information content (AvgIpc) is 2.93. The van der Waals surface area contributed by atoms with Crippen molar-refractivity contribution in [1.29, 1.82) is 0 Å². The number of para-hydroxylation sites is 1. The molecule has 0 aliphatic rings. The van der Waals surface area contributed by atoms with Gasteiger partial charge in [0.05, 0.1) is 0 Å². The summed E-state index contributed by atoms with van der Waals surface area (Å²) in [4.78, 5) is 4.03. The molecule has 0 saturated carbocycles. The molecule has 0 aliphatic carbocycles. The molecule has 8 heteroatoms. The van der Waals surface area contributed by atoms with Crippen LogP contribution in [0.15, 0.2) is 88.6 Å². The van der Waals surface area contributed by atoms with Crippen molar-refractivity contribution >= 4 is 21.0 Å². The molecule has 0 fully saturated rings. The van der Waals surface area contributed by atoms with Gasteiger partial charge in [0.15, 0.2) is 5.60 Å². The van der Waals surface area contributed by atoms with E-state index in [4.69, 9.17) is 8.60 Å². The van der Waals surface area contributed by atoms with Crippen molar-refractivity contribution < 1.29 is 41.3 Å². The Morgan fingerprint density at radius 1 is 0.767 bits per heavy atom. The first kappa shape index (κ1) is 36.2. The second-order valence-corrected chi connectivity index (χ2v) is 13.5. The number of aliphatic hydroxyl groups is 1. The number of alkyl halides is 3. The van der Waals surface area contributed by atoms with Crippen LogP contribution in [-0.4, -0.2) is 31.4 Å². The molecular weight excluding hydrogens is 633 g/mol. The van der Waals surface area contributed by atoms with Crippen LogP contribution in [0.4, 0.5) is 18.9 Å². The Hall–Kier alpha value is -3.02. The molecule has 0 aliphatic heterocycles. The van der Waals surface area contributed by atoms with Gasteiger partial charge in [-0.25, -0.2) is 0 Å². The summed E-state index contributed by atoms with van der Waals surface area (Å²) in [7, 11) is 0. The maximum atomic E-state index is 11.3. The van der Waals surface area contributed by atoms with Crippen LogP contribution >= 0.6 is 0 Å². The van der Waals surface area contributed by atoms with Gasteiger partial charge in [-0.2, -0.15) is 13.2 Å². The minimum absolute atomic E-state index is 0.0811. The van der Waals surface area contributed by atoms with Gasteiger partial charge in [0.2, 0.25) is 0 Å². The van der Waals surface area contributed by atoms with Gasteiger partial charge in [-0.05, 0) is 26.0 Å². The van der Waals surface area contributed by atoms with E-state index in [9.17, 15) is 18.3 Å². The number of benzene rings is 3. The molecule has 0 atom stereocenters. The number of aromatic nitrogens is 1. The summed E-state index contributed by atoms with van der Waals surface area (Å²) in [6.45, 7) is 15.0. The minimum Gasteiger partial charge on any atom is -0.506 e. The summed E-state index contributed by atoms with van der Waals surface area (Å²) in [6.07, 6.45) is -2.84. The van der Waals surface area contributed by atoms with Crippen LogP contribution in [0, 0.1) is 0 Å². The topological polar surface area (TPSA) is 65.7 Å². The van der Waals surface area contributed by atoms with E-state index in [1.165, 1.54) is 22.4 Å². The van der Waals surface area contributed by atoms with Crippen LogP contribution in [0.5, 0.6) is 5.75 Å². The van der Waals surface area contributed by atoms with Crippen molar-refractivity contribution in [3.05, 3.63) is 102 Å². The predicted molar refractivity (Wildman–Crippen MR) is 168 cm³/mol. The van der Waals surface area contributed by atoms with Crippen LogP contribution in [0.3, 0.4) is 0 Å². The number of nitrogens with zero attached hydrogens (tertiary/aromatic N) is 2. The molecule has 1 aromatic heterocycles. The summed E-state index contributed by atoms with van der Waals surface area (Å²) in [5.74, 6) is 1.26. The van der Waals surface area contributed by atoms with Crippen molar-refractivity contribution in [1.82, 2.24) is 4.98 Å². The second kappa shape index (κ2) is 15.6. The predicted octanol–water partition coefficient (Wildman–Crippen LogP) is 9.87. The largest absolute Gasteiger partial charge is 0.506 e. The molecule has 4 nitrogen and oxygen atoms in total. The molecule has 2 N–H and O–H groups in total. The zero-order valence-corrected chi connectivity index (χ0v) is 28.2. The van der Waals surface area contributed by atoms with E-state index < -0.39 is 29.7 Å². The molecule has 43 heavy (non-hydrogen) atoms. The fourth-order valence-corrected chi connectivity index (χ4v) is 5.74. The molecule has 3 aromatic carbocycles. The van der Waals surface area contributed by atoms with Gasteiger partial charge in [-0.1, -0.05) is 18.2 Å². The monoisotopic (exact) mass is 678 g/mol. The van der Waals surface area contributed by atoms with E-state index in [-0.39, 0.29) is 11.2 Å².